The van der Waals surface area contributed by atoms with E-state index >= 15 is 0 Å². The van der Waals surface area contributed by atoms with Gasteiger partial charge >= 0.3 is 0 Å². The molecule has 39 heavy (non-hydrogen) atoms. The lowest BCUT2D eigenvalue weighted by Gasteiger charge is -2.17. The van der Waals surface area contributed by atoms with Crippen LogP contribution in [0.15, 0.2) is 76.8 Å². The van der Waals surface area contributed by atoms with Crippen molar-refractivity contribution in [2.24, 2.45) is 5.92 Å². The molecule has 6 aromatic rings. The van der Waals surface area contributed by atoms with Gasteiger partial charge < -0.3 is 14.5 Å². The number of pyridine rings is 1. The Morgan fingerprint density at radius 1 is 0.974 bits per heavy atom. The van der Waals surface area contributed by atoms with Gasteiger partial charge in [-0.15, -0.1) is 5.10 Å². The lowest BCUT2D eigenvalue weighted by Crippen LogP contribution is -2.25. The molecule has 0 saturated carbocycles. The molecule has 2 N–H and O–H groups in total. The number of aromatic amines is 2. The maximum absolute atomic E-state index is 13.6. The van der Waals surface area contributed by atoms with Crippen LogP contribution in [0, 0.1) is 5.92 Å². The summed E-state index contributed by atoms with van der Waals surface area (Å²) in [6.45, 7) is 2.11. The zero-order valence-electron chi connectivity index (χ0n) is 20.5. The fourth-order valence-corrected chi connectivity index (χ4v) is 5.57. The standard InChI is InChI=1S/C27H20ClN9O2/c1-14-6-18-7-16(19-10-17(28)3-5-23(19)36-13-31-34-35-36)9-25(39)37(18)26(14)27-30-11-22(33-27)15-2-4-20-21(8-15)29-12-24(38)32-20/h2-5,7-14,26H,6H2,1H3,(H,30,33)(H,32,38)/t14-,26-/m0/s1. The lowest BCUT2D eigenvalue weighted by atomic mass is 10.0. The number of nitrogens with one attached hydrogen (secondary N) is 2. The van der Waals surface area contributed by atoms with E-state index in [9.17, 15) is 9.59 Å². The molecule has 0 radical (unpaired) electrons. The van der Waals surface area contributed by atoms with Crippen LogP contribution in [0.3, 0.4) is 0 Å². The first kappa shape index (κ1) is 23.2. The lowest BCUT2D eigenvalue weighted by molar-refractivity contribution is 0.450. The number of aromatic nitrogens is 9. The second kappa shape index (κ2) is 8.84. The molecule has 2 atom stereocenters. The first-order chi connectivity index (χ1) is 18.9. The summed E-state index contributed by atoms with van der Waals surface area (Å²) in [4.78, 5) is 40.2. The van der Waals surface area contributed by atoms with E-state index in [1.54, 1.807) is 23.0 Å². The highest BCUT2D eigenvalue weighted by Crippen LogP contribution is 2.37. The molecule has 0 saturated heterocycles. The summed E-state index contributed by atoms with van der Waals surface area (Å²) in [5.41, 5.74) is 5.78. The second-order valence-electron chi connectivity index (χ2n) is 9.65. The van der Waals surface area contributed by atoms with Crippen molar-refractivity contribution in [1.29, 1.82) is 0 Å². The zero-order chi connectivity index (χ0) is 26.7. The Labute approximate surface area is 225 Å². The third-order valence-electron chi connectivity index (χ3n) is 7.12. The van der Waals surface area contributed by atoms with Gasteiger partial charge in [-0.25, -0.2) is 9.97 Å². The van der Waals surface area contributed by atoms with E-state index in [0.717, 1.165) is 33.8 Å². The molecule has 0 fully saturated rings. The number of H-pyrrole nitrogens is 2. The Hall–Kier alpha value is -4.90. The van der Waals surface area contributed by atoms with E-state index in [4.69, 9.17) is 11.6 Å². The Morgan fingerprint density at radius 2 is 1.87 bits per heavy atom. The molecule has 4 aromatic heterocycles. The van der Waals surface area contributed by atoms with E-state index in [-0.39, 0.29) is 23.1 Å². The highest BCUT2D eigenvalue weighted by Gasteiger charge is 2.34. The van der Waals surface area contributed by atoms with Crippen LogP contribution < -0.4 is 11.1 Å². The summed E-state index contributed by atoms with van der Waals surface area (Å²) in [6.07, 6.45) is 5.23. The average molecular weight is 538 g/mol. The molecule has 0 spiro atoms. The molecule has 1 aliphatic rings. The topological polar surface area (TPSA) is 140 Å². The monoisotopic (exact) mass is 537 g/mol. The molecule has 192 valence electrons. The molecule has 0 aliphatic carbocycles. The van der Waals surface area contributed by atoms with Crippen LogP contribution in [0.2, 0.25) is 5.02 Å². The number of rotatable bonds is 4. The number of nitrogens with zero attached hydrogens (tertiary/aromatic N) is 7. The molecule has 7 rings (SSSR count). The third kappa shape index (κ3) is 3.94. The summed E-state index contributed by atoms with van der Waals surface area (Å²) in [5, 5.41) is 12.0. The van der Waals surface area contributed by atoms with Crippen molar-refractivity contribution in [3.8, 4) is 28.1 Å². The minimum atomic E-state index is -0.247. The van der Waals surface area contributed by atoms with Crippen molar-refractivity contribution in [2.75, 3.05) is 0 Å². The van der Waals surface area contributed by atoms with Crippen LogP contribution in [-0.2, 0) is 6.42 Å². The van der Waals surface area contributed by atoms with Crippen molar-refractivity contribution in [2.45, 2.75) is 19.4 Å². The molecule has 5 heterocycles. The van der Waals surface area contributed by atoms with Crippen LogP contribution in [-0.4, -0.2) is 44.7 Å². The van der Waals surface area contributed by atoms with Gasteiger partial charge in [-0.05, 0) is 64.7 Å². The van der Waals surface area contributed by atoms with Crippen molar-refractivity contribution in [3.63, 3.8) is 0 Å². The van der Waals surface area contributed by atoms with Gasteiger partial charge in [-0.3, -0.25) is 9.59 Å². The number of imidazole rings is 1. The Kier molecular flexibility index (Phi) is 5.27. The molecule has 1 aliphatic heterocycles. The fraction of sp³-hybridized carbons (Fsp3) is 0.148. The maximum Gasteiger partial charge on any atom is 0.266 e. The zero-order valence-corrected chi connectivity index (χ0v) is 21.3. The second-order valence-corrected chi connectivity index (χ2v) is 10.1. The predicted octanol–water partition coefficient (Wildman–Crippen LogP) is 3.55. The third-order valence-corrected chi connectivity index (χ3v) is 7.36. The summed E-state index contributed by atoms with van der Waals surface area (Å²) < 4.78 is 3.36. The number of benzene rings is 2. The summed E-state index contributed by atoms with van der Waals surface area (Å²) >= 11 is 6.33. The smallest absolute Gasteiger partial charge is 0.266 e. The van der Waals surface area contributed by atoms with Crippen LogP contribution in [0.4, 0.5) is 0 Å². The largest absolute Gasteiger partial charge is 0.340 e. The number of fused-ring (bicyclic) bond motifs is 2. The molecule has 2 aromatic carbocycles. The van der Waals surface area contributed by atoms with Crippen molar-refractivity contribution in [1.82, 2.24) is 44.7 Å². The van der Waals surface area contributed by atoms with Crippen LogP contribution in [0.5, 0.6) is 0 Å². The Bertz CT molecular complexity index is 1990. The van der Waals surface area contributed by atoms with Gasteiger partial charge in [0.1, 0.15) is 12.2 Å². The van der Waals surface area contributed by atoms with Gasteiger partial charge in [0.2, 0.25) is 0 Å². The van der Waals surface area contributed by atoms with Crippen molar-refractivity contribution in [3.05, 3.63) is 105 Å². The van der Waals surface area contributed by atoms with Gasteiger partial charge in [0, 0.05) is 27.9 Å². The fourth-order valence-electron chi connectivity index (χ4n) is 5.40. The van der Waals surface area contributed by atoms with Gasteiger partial charge in [0.05, 0.1) is 40.9 Å². The van der Waals surface area contributed by atoms with E-state index in [1.165, 1.54) is 12.5 Å². The number of hydrogen-bond donors (Lipinski definition) is 2. The van der Waals surface area contributed by atoms with Crippen LogP contribution in [0.25, 0.3) is 39.1 Å². The van der Waals surface area contributed by atoms with Gasteiger partial charge in [-0.2, -0.15) is 4.68 Å². The van der Waals surface area contributed by atoms with E-state index < -0.39 is 0 Å². The maximum atomic E-state index is 13.6. The predicted molar refractivity (Wildman–Crippen MR) is 145 cm³/mol. The number of hydrogen-bond acceptors (Lipinski definition) is 7. The van der Waals surface area contributed by atoms with Crippen molar-refractivity contribution < 1.29 is 0 Å². The quantitative estimate of drug-likeness (QED) is 0.350. The molecule has 11 nitrogen and oxygen atoms in total. The van der Waals surface area contributed by atoms with Gasteiger partial charge in [-0.1, -0.05) is 24.6 Å². The Morgan fingerprint density at radius 3 is 2.72 bits per heavy atom. The number of tetrazole rings is 1. The molecular weight excluding hydrogens is 518 g/mol. The van der Waals surface area contributed by atoms with E-state index in [2.05, 4.69) is 42.4 Å². The van der Waals surface area contributed by atoms with E-state index in [0.29, 0.717) is 28.3 Å². The molecular formula is C27H20ClN9O2. The highest BCUT2D eigenvalue weighted by molar-refractivity contribution is 6.31. The summed E-state index contributed by atoms with van der Waals surface area (Å²) in [5.74, 6) is 0.839. The molecule has 0 bridgehead atoms. The summed E-state index contributed by atoms with van der Waals surface area (Å²) in [7, 11) is 0. The minimum absolute atomic E-state index is 0.128. The summed E-state index contributed by atoms with van der Waals surface area (Å²) in [6, 6.07) is 14.4. The highest BCUT2D eigenvalue weighted by atomic mass is 35.5. The number of halogens is 1. The van der Waals surface area contributed by atoms with Crippen LogP contribution >= 0.6 is 11.6 Å². The average Bonchev–Trinajstić information content (AvgIpc) is 3.68. The molecule has 12 heteroatoms. The van der Waals surface area contributed by atoms with Gasteiger partial charge in [0.15, 0.2) is 0 Å². The minimum Gasteiger partial charge on any atom is -0.340 e. The Balaban J connectivity index is 1.27. The SMILES string of the molecule is C[C@H]1Cc2cc(-c3cc(Cl)ccc3-n3cnnn3)cc(=O)n2[C@@H]1c1ncc(-c2ccc3[nH]c(=O)cnc3c2)[nH]1. The van der Waals surface area contributed by atoms with Gasteiger partial charge in [0.25, 0.3) is 11.1 Å². The first-order valence-electron chi connectivity index (χ1n) is 12.3. The molecule has 0 unspecified atom stereocenters. The van der Waals surface area contributed by atoms with E-state index in [1.807, 2.05) is 41.0 Å². The van der Waals surface area contributed by atoms with Crippen molar-refractivity contribution >= 4 is 22.6 Å². The normalized spacial score (nSPS) is 16.6. The molecule has 0 amide bonds. The van der Waals surface area contributed by atoms with Crippen LogP contribution in [0.1, 0.15) is 24.5 Å². The first-order valence-corrected chi connectivity index (χ1v) is 12.7.